The predicted molar refractivity (Wildman–Crippen MR) is 85.6 cm³/mol. The van der Waals surface area contributed by atoms with E-state index in [1.807, 2.05) is 12.1 Å². The highest BCUT2D eigenvalue weighted by Crippen LogP contribution is 2.33. The molecule has 0 saturated carbocycles. The van der Waals surface area contributed by atoms with Gasteiger partial charge in [-0.2, -0.15) is 0 Å². The molecule has 0 spiro atoms. The van der Waals surface area contributed by atoms with Gasteiger partial charge >= 0.3 is 0 Å². The summed E-state index contributed by atoms with van der Waals surface area (Å²) in [5, 5.41) is 3.42. The van der Waals surface area contributed by atoms with Crippen LogP contribution in [0.1, 0.15) is 22.7 Å². The van der Waals surface area contributed by atoms with Gasteiger partial charge in [0.2, 0.25) is 0 Å². The molecule has 0 aliphatic rings. The lowest BCUT2D eigenvalue weighted by atomic mass is 9.95. The standard InChI is InChI=1S/C17H17NOS/c1-11-9-12(19-2)7-8-13(11)17(18)15-10-20-16-6-4-3-5-14(15)16/h3-10,17H,18H2,1-2H3. The molecule has 1 aromatic heterocycles. The van der Waals surface area contributed by atoms with Crippen LogP contribution < -0.4 is 10.5 Å². The number of hydrogen-bond acceptors (Lipinski definition) is 3. The summed E-state index contributed by atoms with van der Waals surface area (Å²) < 4.78 is 6.53. The summed E-state index contributed by atoms with van der Waals surface area (Å²) in [6.45, 7) is 2.08. The van der Waals surface area contributed by atoms with E-state index in [1.165, 1.54) is 15.6 Å². The molecular formula is C17H17NOS. The van der Waals surface area contributed by atoms with E-state index in [9.17, 15) is 0 Å². The number of hydrogen-bond donors (Lipinski definition) is 1. The number of fused-ring (bicyclic) bond motifs is 1. The van der Waals surface area contributed by atoms with Crippen molar-refractivity contribution in [2.24, 2.45) is 5.73 Å². The Kier molecular flexibility index (Phi) is 3.47. The van der Waals surface area contributed by atoms with Crippen molar-refractivity contribution >= 4 is 21.4 Å². The van der Waals surface area contributed by atoms with Crippen molar-refractivity contribution in [1.29, 1.82) is 0 Å². The van der Waals surface area contributed by atoms with Crippen LogP contribution in [0.25, 0.3) is 10.1 Å². The molecule has 0 radical (unpaired) electrons. The van der Waals surface area contributed by atoms with Crippen LogP contribution in [0, 0.1) is 6.92 Å². The molecule has 0 saturated heterocycles. The minimum absolute atomic E-state index is 0.0999. The SMILES string of the molecule is COc1ccc(C(N)c2csc3ccccc23)c(C)c1. The second-order valence-corrected chi connectivity index (χ2v) is 5.80. The first kappa shape index (κ1) is 13.2. The summed E-state index contributed by atoms with van der Waals surface area (Å²) in [6.07, 6.45) is 0. The molecular weight excluding hydrogens is 266 g/mol. The fourth-order valence-corrected chi connectivity index (χ4v) is 3.53. The monoisotopic (exact) mass is 283 g/mol. The predicted octanol–water partition coefficient (Wildman–Crippen LogP) is 4.27. The fourth-order valence-electron chi connectivity index (χ4n) is 2.53. The smallest absolute Gasteiger partial charge is 0.119 e. The summed E-state index contributed by atoms with van der Waals surface area (Å²) >= 11 is 1.75. The Morgan fingerprint density at radius 1 is 1.10 bits per heavy atom. The number of benzene rings is 2. The second-order valence-electron chi connectivity index (χ2n) is 4.89. The molecule has 3 heteroatoms. The van der Waals surface area contributed by atoms with Gasteiger partial charge in [0.25, 0.3) is 0 Å². The van der Waals surface area contributed by atoms with Crippen molar-refractivity contribution in [3.8, 4) is 5.75 Å². The molecule has 1 heterocycles. The number of rotatable bonds is 3. The van der Waals surface area contributed by atoms with Gasteiger partial charge in [0.1, 0.15) is 5.75 Å². The Bertz CT molecular complexity index is 748. The molecule has 2 nitrogen and oxygen atoms in total. The van der Waals surface area contributed by atoms with Crippen LogP contribution in [0.4, 0.5) is 0 Å². The zero-order chi connectivity index (χ0) is 14.1. The summed E-state index contributed by atoms with van der Waals surface area (Å²) in [5.74, 6) is 0.869. The second kappa shape index (κ2) is 5.27. The lowest BCUT2D eigenvalue weighted by Gasteiger charge is -2.15. The zero-order valence-corrected chi connectivity index (χ0v) is 12.4. The Morgan fingerprint density at radius 2 is 1.90 bits per heavy atom. The molecule has 0 amide bonds. The van der Waals surface area contributed by atoms with Gasteiger partial charge in [-0.05, 0) is 52.6 Å². The van der Waals surface area contributed by atoms with E-state index in [1.54, 1.807) is 18.4 Å². The third-order valence-corrected chi connectivity index (χ3v) is 4.64. The Labute approximate surface area is 122 Å². The van der Waals surface area contributed by atoms with Crippen molar-refractivity contribution in [2.75, 3.05) is 7.11 Å². The van der Waals surface area contributed by atoms with Gasteiger partial charge in [-0.25, -0.2) is 0 Å². The lowest BCUT2D eigenvalue weighted by molar-refractivity contribution is 0.414. The topological polar surface area (TPSA) is 35.2 Å². The van der Waals surface area contributed by atoms with E-state index in [0.29, 0.717) is 0 Å². The first-order valence-corrected chi connectivity index (χ1v) is 7.45. The van der Waals surface area contributed by atoms with E-state index in [-0.39, 0.29) is 6.04 Å². The molecule has 2 aromatic carbocycles. The molecule has 0 bridgehead atoms. The zero-order valence-electron chi connectivity index (χ0n) is 11.6. The number of nitrogens with two attached hydrogens (primary N) is 1. The van der Waals surface area contributed by atoms with Crippen LogP contribution in [-0.4, -0.2) is 7.11 Å². The maximum atomic E-state index is 6.49. The molecule has 3 aromatic rings. The molecule has 0 fully saturated rings. The van der Waals surface area contributed by atoms with E-state index in [0.717, 1.165) is 16.9 Å². The van der Waals surface area contributed by atoms with E-state index in [4.69, 9.17) is 10.5 Å². The van der Waals surface area contributed by atoms with Gasteiger partial charge in [0.05, 0.1) is 13.2 Å². The van der Waals surface area contributed by atoms with Crippen molar-refractivity contribution < 1.29 is 4.74 Å². The molecule has 2 N–H and O–H groups in total. The molecule has 1 atom stereocenters. The third-order valence-electron chi connectivity index (χ3n) is 3.66. The van der Waals surface area contributed by atoms with Crippen molar-refractivity contribution in [3.05, 3.63) is 64.5 Å². The highest BCUT2D eigenvalue weighted by Gasteiger charge is 2.15. The van der Waals surface area contributed by atoms with Gasteiger partial charge in [-0.15, -0.1) is 11.3 Å². The number of thiophene rings is 1. The maximum Gasteiger partial charge on any atom is 0.119 e. The first-order valence-electron chi connectivity index (χ1n) is 6.57. The van der Waals surface area contributed by atoms with Crippen LogP contribution in [0.2, 0.25) is 0 Å². The summed E-state index contributed by atoms with van der Waals surface area (Å²) in [6, 6.07) is 14.4. The van der Waals surface area contributed by atoms with Crippen LogP contribution in [-0.2, 0) is 0 Å². The van der Waals surface area contributed by atoms with Crippen LogP contribution in [0.3, 0.4) is 0 Å². The van der Waals surface area contributed by atoms with Crippen molar-refractivity contribution in [3.63, 3.8) is 0 Å². The van der Waals surface area contributed by atoms with Crippen molar-refractivity contribution in [1.82, 2.24) is 0 Å². The number of aryl methyl sites for hydroxylation is 1. The molecule has 1 unspecified atom stereocenters. The van der Waals surface area contributed by atoms with E-state index >= 15 is 0 Å². The molecule has 3 rings (SSSR count). The maximum absolute atomic E-state index is 6.49. The van der Waals surface area contributed by atoms with Crippen LogP contribution >= 0.6 is 11.3 Å². The van der Waals surface area contributed by atoms with Gasteiger partial charge in [-0.3, -0.25) is 0 Å². The molecule has 0 aliphatic carbocycles. The normalized spacial score (nSPS) is 12.6. The third kappa shape index (κ3) is 2.19. The average molecular weight is 283 g/mol. The largest absolute Gasteiger partial charge is 0.497 e. The molecule has 102 valence electrons. The lowest BCUT2D eigenvalue weighted by Crippen LogP contribution is -2.12. The van der Waals surface area contributed by atoms with Crippen LogP contribution in [0.5, 0.6) is 5.75 Å². The average Bonchev–Trinajstić information content (AvgIpc) is 2.90. The molecule has 20 heavy (non-hydrogen) atoms. The minimum atomic E-state index is -0.0999. The molecule has 0 aliphatic heterocycles. The van der Waals surface area contributed by atoms with Gasteiger partial charge < -0.3 is 10.5 Å². The minimum Gasteiger partial charge on any atom is -0.497 e. The van der Waals surface area contributed by atoms with Gasteiger partial charge in [0.15, 0.2) is 0 Å². The van der Waals surface area contributed by atoms with E-state index < -0.39 is 0 Å². The highest BCUT2D eigenvalue weighted by molar-refractivity contribution is 7.17. The first-order chi connectivity index (χ1) is 9.70. The summed E-state index contributed by atoms with van der Waals surface area (Å²) in [4.78, 5) is 0. The Balaban J connectivity index is 2.06. The Hall–Kier alpha value is -1.84. The quantitative estimate of drug-likeness (QED) is 0.779. The van der Waals surface area contributed by atoms with Crippen LogP contribution in [0.15, 0.2) is 47.8 Å². The number of ether oxygens (including phenoxy) is 1. The van der Waals surface area contributed by atoms with Crippen molar-refractivity contribution in [2.45, 2.75) is 13.0 Å². The van der Waals surface area contributed by atoms with Gasteiger partial charge in [0, 0.05) is 4.70 Å². The Morgan fingerprint density at radius 3 is 2.65 bits per heavy atom. The van der Waals surface area contributed by atoms with Gasteiger partial charge in [-0.1, -0.05) is 24.3 Å². The fraction of sp³-hybridized carbons (Fsp3) is 0.176. The van der Waals surface area contributed by atoms with E-state index in [2.05, 4.69) is 42.6 Å². The summed E-state index contributed by atoms with van der Waals surface area (Å²) in [7, 11) is 1.68. The summed E-state index contributed by atoms with van der Waals surface area (Å²) in [5.41, 5.74) is 9.99. The number of methoxy groups -OCH3 is 1. The highest BCUT2D eigenvalue weighted by atomic mass is 32.1.